The zero-order chi connectivity index (χ0) is 30.2. The van der Waals surface area contributed by atoms with E-state index in [0.717, 1.165) is 50.6 Å². The number of piperidine rings is 2. The highest BCUT2D eigenvalue weighted by molar-refractivity contribution is 7.90. The lowest BCUT2D eigenvalue weighted by molar-refractivity contribution is -0.137. The molecule has 2 fully saturated rings. The fraction of sp³-hybridized carbons (Fsp3) is 0.467. The molecular formula is C30H34F3N3O5S. The summed E-state index contributed by atoms with van der Waals surface area (Å²) in [6.45, 7) is 3.12. The van der Waals surface area contributed by atoms with E-state index in [2.05, 4.69) is 9.80 Å². The van der Waals surface area contributed by atoms with E-state index in [1.54, 1.807) is 0 Å². The fourth-order valence-corrected chi connectivity index (χ4v) is 6.71. The third-order valence-corrected chi connectivity index (χ3v) is 9.33. The molecule has 2 aliphatic rings. The van der Waals surface area contributed by atoms with Crippen molar-refractivity contribution in [1.82, 2.24) is 14.8 Å². The molecule has 2 aliphatic heterocycles. The minimum atomic E-state index is -4.58. The Morgan fingerprint density at radius 3 is 2.48 bits per heavy atom. The zero-order valence-corrected chi connectivity index (χ0v) is 24.3. The van der Waals surface area contributed by atoms with Gasteiger partial charge in [-0.1, -0.05) is 12.1 Å². The van der Waals surface area contributed by atoms with Crippen molar-refractivity contribution >= 4 is 26.7 Å². The van der Waals surface area contributed by atoms with Gasteiger partial charge in [0, 0.05) is 41.9 Å². The van der Waals surface area contributed by atoms with E-state index in [1.807, 2.05) is 0 Å². The molecule has 5 rings (SSSR count). The van der Waals surface area contributed by atoms with Crippen molar-refractivity contribution < 1.29 is 36.2 Å². The molecule has 0 amide bonds. The molecule has 226 valence electrons. The lowest BCUT2D eigenvalue weighted by Crippen LogP contribution is -2.49. The molecule has 12 heteroatoms. The Morgan fingerprint density at radius 2 is 1.83 bits per heavy atom. The van der Waals surface area contributed by atoms with Crippen LogP contribution in [0.3, 0.4) is 0 Å². The SMILES string of the molecule is COC(=O)c1c(CN2CCC(N3CCC[C@@H](O)C3)CC2)c(-c2cccc(C(F)(F)F)c2)nc2ccc(S(C)(=O)=O)cc12. The summed E-state index contributed by atoms with van der Waals surface area (Å²) >= 11 is 0. The number of nitrogens with zero attached hydrogens (tertiary/aromatic N) is 3. The largest absolute Gasteiger partial charge is 0.465 e. The van der Waals surface area contributed by atoms with Crippen molar-refractivity contribution in [2.24, 2.45) is 0 Å². The Kier molecular flexibility index (Phi) is 8.62. The Balaban J connectivity index is 1.60. The third kappa shape index (κ3) is 6.46. The van der Waals surface area contributed by atoms with E-state index in [4.69, 9.17) is 9.72 Å². The molecule has 2 saturated heterocycles. The number of aliphatic hydroxyl groups excluding tert-OH is 1. The minimum absolute atomic E-state index is 0.00995. The summed E-state index contributed by atoms with van der Waals surface area (Å²) in [6, 6.07) is 9.32. The van der Waals surface area contributed by atoms with Crippen LogP contribution in [0.25, 0.3) is 22.2 Å². The van der Waals surface area contributed by atoms with E-state index in [1.165, 1.54) is 37.4 Å². The highest BCUT2D eigenvalue weighted by atomic mass is 32.2. The molecule has 8 nitrogen and oxygen atoms in total. The molecule has 1 aromatic heterocycles. The number of methoxy groups -OCH3 is 1. The maximum atomic E-state index is 13.7. The molecule has 3 aromatic rings. The first-order valence-corrected chi connectivity index (χ1v) is 15.8. The topological polar surface area (TPSA) is 100 Å². The Morgan fingerprint density at radius 1 is 1.10 bits per heavy atom. The Labute approximate surface area is 243 Å². The zero-order valence-electron chi connectivity index (χ0n) is 23.5. The maximum absolute atomic E-state index is 13.7. The standard InChI is InChI=1S/C30H34F3N3O5S/c1-41-29(38)27-24-16-23(42(2,39)40)8-9-26(24)34-28(19-5-3-6-20(15-19)30(31,32)33)25(27)18-35-13-10-21(11-14-35)36-12-4-7-22(37)17-36/h3,5-6,8-9,15-16,21-22,37H,4,7,10-14,17-18H2,1-2H3/t22-/m1/s1. The van der Waals surface area contributed by atoms with Gasteiger partial charge in [0.2, 0.25) is 0 Å². The van der Waals surface area contributed by atoms with Gasteiger partial charge in [0.15, 0.2) is 9.84 Å². The van der Waals surface area contributed by atoms with Crippen LogP contribution in [0.2, 0.25) is 0 Å². The van der Waals surface area contributed by atoms with Crippen LogP contribution in [0.1, 0.15) is 47.2 Å². The van der Waals surface area contributed by atoms with Crippen LogP contribution in [0.4, 0.5) is 13.2 Å². The van der Waals surface area contributed by atoms with Gasteiger partial charge in [-0.25, -0.2) is 18.2 Å². The van der Waals surface area contributed by atoms with Gasteiger partial charge in [-0.15, -0.1) is 0 Å². The van der Waals surface area contributed by atoms with E-state index in [-0.39, 0.29) is 45.3 Å². The van der Waals surface area contributed by atoms with Crippen LogP contribution in [0, 0.1) is 0 Å². The van der Waals surface area contributed by atoms with Gasteiger partial charge in [0.05, 0.1) is 40.4 Å². The summed E-state index contributed by atoms with van der Waals surface area (Å²) in [6.07, 6.45) is -0.427. The van der Waals surface area contributed by atoms with Gasteiger partial charge in [0.25, 0.3) is 0 Å². The number of esters is 1. The van der Waals surface area contributed by atoms with Gasteiger partial charge >= 0.3 is 12.1 Å². The average Bonchev–Trinajstić information content (AvgIpc) is 2.95. The van der Waals surface area contributed by atoms with E-state index < -0.39 is 27.5 Å². The van der Waals surface area contributed by atoms with Crippen molar-refractivity contribution in [3.05, 3.63) is 59.2 Å². The second-order valence-electron chi connectivity index (χ2n) is 11.1. The van der Waals surface area contributed by atoms with Crippen molar-refractivity contribution in [2.75, 3.05) is 39.5 Å². The van der Waals surface area contributed by atoms with Crippen LogP contribution < -0.4 is 0 Å². The predicted octanol–water partition coefficient (Wildman–Crippen LogP) is 4.53. The lowest BCUT2D eigenvalue weighted by atomic mass is 9.94. The Bertz CT molecular complexity index is 1590. The van der Waals surface area contributed by atoms with Crippen LogP contribution in [-0.4, -0.2) is 86.0 Å². The Hall–Kier alpha value is -3.06. The number of carbonyl (C=O) groups is 1. The van der Waals surface area contributed by atoms with Crippen LogP contribution in [-0.2, 0) is 27.3 Å². The van der Waals surface area contributed by atoms with Crippen molar-refractivity contribution in [2.45, 2.75) is 55.4 Å². The van der Waals surface area contributed by atoms with Gasteiger partial charge in [-0.05, 0) is 75.6 Å². The number of fused-ring (bicyclic) bond motifs is 1. The number of aliphatic hydroxyl groups is 1. The molecule has 2 aromatic carbocycles. The molecule has 0 aliphatic carbocycles. The number of halogens is 3. The molecule has 0 spiro atoms. The second kappa shape index (κ2) is 11.9. The van der Waals surface area contributed by atoms with E-state index in [0.29, 0.717) is 31.2 Å². The number of rotatable bonds is 6. The summed E-state index contributed by atoms with van der Waals surface area (Å²) in [4.78, 5) is 22.5. The van der Waals surface area contributed by atoms with Crippen LogP contribution in [0.5, 0.6) is 0 Å². The van der Waals surface area contributed by atoms with E-state index in [9.17, 15) is 31.5 Å². The number of pyridine rings is 1. The van der Waals surface area contributed by atoms with Gasteiger partial charge in [-0.2, -0.15) is 13.2 Å². The summed E-state index contributed by atoms with van der Waals surface area (Å²) < 4.78 is 70.8. The monoisotopic (exact) mass is 605 g/mol. The fourth-order valence-electron chi connectivity index (χ4n) is 6.06. The highest BCUT2D eigenvalue weighted by Gasteiger charge is 2.33. The molecule has 0 radical (unpaired) electrons. The number of hydrogen-bond acceptors (Lipinski definition) is 8. The average molecular weight is 606 g/mol. The summed E-state index contributed by atoms with van der Waals surface area (Å²) in [7, 11) is -2.42. The van der Waals surface area contributed by atoms with Crippen LogP contribution in [0.15, 0.2) is 47.4 Å². The van der Waals surface area contributed by atoms with E-state index >= 15 is 0 Å². The predicted molar refractivity (Wildman–Crippen MR) is 152 cm³/mol. The smallest absolute Gasteiger partial charge is 0.416 e. The number of β-amino-alcohol motifs (C(OH)–C–C–N with tert-alkyl or cyclic N) is 1. The number of hydrogen-bond donors (Lipinski definition) is 1. The number of carbonyl (C=O) groups excluding carboxylic acids is 1. The van der Waals surface area contributed by atoms with Gasteiger partial charge in [0.1, 0.15) is 0 Å². The number of aromatic nitrogens is 1. The molecule has 0 saturated carbocycles. The first-order valence-electron chi connectivity index (χ1n) is 13.9. The number of sulfone groups is 1. The summed E-state index contributed by atoms with van der Waals surface area (Å²) in [5, 5.41) is 10.4. The number of benzene rings is 2. The number of ether oxygens (including phenoxy) is 1. The minimum Gasteiger partial charge on any atom is -0.465 e. The molecule has 42 heavy (non-hydrogen) atoms. The lowest BCUT2D eigenvalue weighted by Gasteiger charge is -2.41. The first-order chi connectivity index (χ1) is 19.8. The maximum Gasteiger partial charge on any atom is 0.416 e. The molecule has 1 atom stereocenters. The van der Waals surface area contributed by atoms with Crippen molar-refractivity contribution in [1.29, 1.82) is 0 Å². The summed E-state index contributed by atoms with van der Waals surface area (Å²) in [5.41, 5.74) is 0.289. The molecule has 0 bridgehead atoms. The molecule has 0 unspecified atom stereocenters. The first kappa shape index (κ1) is 30.4. The van der Waals surface area contributed by atoms with Crippen molar-refractivity contribution in [3.63, 3.8) is 0 Å². The number of likely N-dealkylation sites (tertiary alicyclic amines) is 2. The van der Waals surface area contributed by atoms with Crippen LogP contribution >= 0.6 is 0 Å². The number of alkyl halides is 3. The molecule has 1 N–H and O–H groups in total. The quantitative estimate of drug-likeness (QED) is 0.410. The third-order valence-electron chi connectivity index (χ3n) is 8.22. The van der Waals surface area contributed by atoms with Gasteiger partial charge < -0.3 is 9.84 Å². The van der Waals surface area contributed by atoms with Gasteiger partial charge in [-0.3, -0.25) is 9.80 Å². The highest BCUT2D eigenvalue weighted by Crippen LogP contribution is 2.37. The summed E-state index contributed by atoms with van der Waals surface area (Å²) in [5.74, 6) is -0.728. The van der Waals surface area contributed by atoms with Crippen molar-refractivity contribution in [3.8, 4) is 11.3 Å². The normalized spacial score (nSPS) is 19.7. The molecular weight excluding hydrogens is 571 g/mol. The molecule has 3 heterocycles. The second-order valence-corrected chi connectivity index (χ2v) is 13.1.